The van der Waals surface area contributed by atoms with Crippen LogP contribution < -0.4 is 10.6 Å². The van der Waals surface area contributed by atoms with Gasteiger partial charge >= 0.3 is 12.1 Å². The van der Waals surface area contributed by atoms with Crippen molar-refractivity contribution in [3.05, 3.63) is 83.7 Å². The van der Waals surface area contributed by atoms with E-state index in [4.69, 9.17) is 19.4 Å². The Kier molecular flexibility index (Phi) is 14.0. The number of hydrogen-bond acceptors (Lipinski definition) is 8. The number of likely N-dealkylation sites (tertiary alicyclic amines) is 2. The van der Waals surface area contributed by atoms with Crippen LogP contribution in [0.1, 0.15) is 88.2 Å². The highest BCUT2D eigenvalue weighted by Gasteiger charge is 2.39. The monoisotopic (exact) mass is 872 g/mol. The van der Waals surface area contributed by atoms with Gasteiger partial charge in [0.1, 0.15) is 23.7 Å². The van der Waals surface area contributed by atoms with Gasteiger partial charge < -0.3 is 49.7 Å². The normalized spacial score (nSPS) is 20.0. The summed E-state index contributed by atoms with van der Waals surface area (Å²) >= 11 is 0. The number of ether oxygens (including phenoxy) is 2. The van der Waals surface area contributed by atoms with Gasteiger partial charge in [0.05, 0.1) is 62.3 Å². The van der Waals surface area contributed by atoms with E-state index in [-0.39, 0.29) is 47.8 Å². The number of aromatic nitrogens is 4. The van der Waals surface area contributed by atoms with Gasteiger partial charge in [0.15, 0.2) is 0 Å². The molecule has 0 bridgehead atoms. The number of rotatable bonds is 10. The number of imidazole rings is 2. The highest BCUT2D eigenvalue weighted by atomic mass is 16.5. The zero-order valence-electron chi connectivity index (χ0n) is 37.3. The molecule has 4 atom stereocenters. The molecule has 2 aromatic heterocycles. The van der Waals surface area contributed by atoms with Crippen molar-refractivity contribution in [2.45, 2.75) is 77.5 Å². The first-order chi connectivity index (χ1) is 31.0. The average molecular weight is 873 g/mol. The Morgan fingerprint density at radius 2 is 0.969 bits per heavy atom. The summed E-state index contributed by atoms with van der Waals surface area (Å²) in [5.41, 5.74) is 5.37. The second kappa shape index (κ2) is 20.1. The van der Waals surface area contributed by atoms with Crippen LogP contribution in [-0.2, 0) is 19.1 Å². The molecule has 64 heavy (non-hydrogen) atoms. The number of urea groups is 2. The molecule has 0 spiro atoms. The number of nitrogens with zero attached hydrogens (tertiary/aromatic N) is 6. The molecule has 4 aliphatic heterocycles. The Bertz CT molecular complexity index is 2160. The number of nitrogens with one attached hydrogen (secondary N) is 4. The van der Waals surface area contributed by atoms with E-state index in [1.807, 2.05) is 98.4 Å². The predicted octanol–water partition coefficient (Wildman–Crippen LogP) is 5.33. The third-order valence-corrected chi connectivity index (χ3v) is 12.7. The Labute approximate surface area is 374 Å². The fourth-order valence-corrected chi connectivity index (χ4v) is 8.91. The molecular weight excluding hydrogens is 813 g/mol. The van der Waals surface area contributed by atoms with Crippen molar-refractivity contribution in [2.24, 2.45) is 11.8 Å². The van der Waals surface area contributed by atoms with Crippen molar-refractivity contribution in [1.29, 1.82) is 0 Å². The lowest BCUT2D eigenvalue weighted by Gasteiger charge is -2.33. The molecule has 4 fully saturated rings. The minimum absolute atomic E-state index is 0.0781. The average Bonchev–Trinajstić information content (AvgIpc) is 4.17. The lowest BCUT2D eigenvalue weighted by atomic mass is 10.0. The number of hydrogen-bond donors (Lipinski definition) is 4. The van der Waals surface area contributed by atoms with E-state index in [2.05, 4.69) is 32.4 Å². The summed E-state index contributed by atoms with van der Waals surface area (Å²) in [4.78, 5) is 77.3. The standard InChI is InChI=1S/C48H60N10O6/c1-31(2)41(53-47(61)55-21-25-63-26-22-55)45(59)57-19-5-7-39(57)43-49-29-37(51-43)35-15-11-33(12-16-35)9-10-34-13-17-36(18-14-34)38-30-50-44(52-38)40-8-6-20-58(40)46(60)42(32(3)4)54-48(62)56-23-27-64-28-24-56/h11-18,29-32,39-42H,5-8,19-28H2,1-4H3,(H,49,51)(H,50,52)(H,53,61)(H,54,62). The maximum Gasteiger partial charge on any atom is 0.318 e. The van der Waals surface area contributed by atoms with Crippen LogP contribution in [0, 0.1) is 23.7 Å². The first kappa shape index (κ1) is 44.4. The second-order valence-electron chi connectivity index (χ2n) is 17.7. The van der Waals surface area contributed by atoms with Crippen molar-refractivity contribution >= 4 is 23.9 Å². The maximum absolute atomic E-state index is 13.9. The quantitative estimate of drug-likeness (QED) is 0.155. The van der Waals surface area contributed by atoms with Crippen LogP contribution in [0.4, 0.5) is 9.59 Å². The zero-order chi connectivity index (χ0) is 44.7. The summed E-state index contributed by atoms with van der Waals surface area (Å²) in [6.45, 7) is 13.1. The first-order valence-electron chi connectivity index (χ1n) is 22.7. The molecule has 2 aromatic carbocycles. The van der Waals surface area contributed by atoms with Crippen molar-refractivity contribution in [3.8, 4) is 34.4 Å². The Balaban J connectivity index is 0.866. The van der Waals surface area contributed by atoms with Gasteiger partial charge in [-0.1, -0.05) is 63.8 Å². The van der Waals surface area contributed by atoms with E-state index in [0.717, 1.165) is 71.0 Å². The lowest BCUT2D eigenvalue weighted by molar-refractivity contribution is -0.136. The zero-order valence-corrected chi connectivity index (χ0v) is 37.3. The molecule has 16 heteroatoms. The van der Waals surface area contributed by atoms with Gasteiger partial charge in [0.25, 0.3) is 0 Å². The van der Waals surface area contributed by atoms with Crippen LogP contribution in [0.2, 0.25) is 0 Å². The van der Waals surface area contributed by atoms with E-state index < -0.39 is 12.1 Å². The number of H-pyrrole nitrogens is 2. The number of morpholine rings is 2. The fraction of sp³-hybridized carbons (Fsp3) is 0.500. The van der Waals surface area contributed by atoms with Gasteiger partial charge in [-0.25, -0.2) is 19.6 Å². The Morgan fingerprint density at radius 3 is 1.33 bits per heavy atom. The topological polar surface area (TPSA) is 181 Å². The maximum atomic E-state index is 13.9. The van der Waals surface area contributed by atoms with Gasteiger partial charge in [-0.05, 0) is 72.9 Å². The molecule has 4 aliphatic rings. The van der Waals surface area contributed by atoms with Gasteiger partial charge in [0, 0.05) is 50.4 Å². The van der Waals surface area contributed by atoms with Crippen LogP contribution in [0.3, 0.4) is 0 Å². The fourth-order valence-electron chi connectivity index (χ4n) is 8.91. The largest absolute Gasteiger partial charge is 0.378 e. The van der Waals surface area contributed by atoms with Crippen molar-refractivity contribution in [3.63, 3.8) is 0 Å². The highest BCUT2D eigenvalue weighted by Crippen LogP contribution is 2.34. The summed E-state index contributed by atoms with van der Waals surface area (Å²) in [7, 11) is 0. The molecular formula is C48H60N10O6. The molecule has 16 nitrogen and oxygen atoms in total. The summed E-state index contributed by atoms with van der Waals surface area (Å²) in [6.07, 6.45) is 6.91. The SMILES string of the molecule is CC(C)C(NC(=O)N1CCOCC1)C(=O)N1CCCC1c1ncc(-c2ccc(C#Cc3ccc(-c4cnc(C5CCCN5C(=O)C(NC(=O)N5CCOCC5)C(C)C)[nH]4)cc3)cc2)[nH]1. The summed E-state index contributed by atoms with van der Waals surface area (Å²) in [5, 5.41) is 6.01. The number of amides is 6. The van der Waals surface area contributed by atoms with Crippen molar-refractivity contribution in [2.75, 3.05) is 65.7 Å². The molecule has 4 N–H and O–H groups in total. The molecule has 8 rings (SSSR count). The van der Waals surface area contributed by atoms with Gasteiger partial charge in [-0.15, -0.1) is 0 Å². The van der Waals surface area contributed by atoms with E-state index in [1.54, 1.807) is 9.80 Å². The molecule has 0 saturated carbocycles. The number of carbonyl (C=O) groups is 4. The summed E-state index contributed by atoms with van der Waals surface area (Å²) in [5.74, 6) is 7.69. The van der Waals surface area contributed by atoms with Crippen molar-refractivity contribution in [1.82, 2.24) is 50.2 Å². The van der Waals surface area contributed by atoms with E-state index in [9.17, 15) is 19.2 Å². The Morgan fingerprint density at radius 1 is 0.594 bits per heavy atom. The number of aromatic amines is 2. The predicted molar refractivity (Wildman–Crippen MR) is 241 cm³/mol. The Hall–Kier alpha value is -6.18. The smallest absolute Gasteiger partial charge is 0.318 e. The number of carbonyl (C=O) groups excluding carboxylic acids is 4. The van der Waals surface area contributed by atoms with E-state index in [1.165, 1.54) is 0 Å². The lowest BCUT2D eigenvalue weighted by Crippen LogP contribution is -2.55. The van der Waals surface area contributed by atoms with E-state index in [0.29, 0.717) is 65.7 Å². The minimum Gasteiger partial charge on any atom is -0.378 e. The summed E-state index contributed by atoms with van der Waals surface area (Å²) < 4.78 is 10.8. The van der Waals surface area contributed by atoms with Crippen LogP contribution in [0.15, 0.2) is 60.9 Å². The minimum atomic E-state index is -0.636. The molecule has 0 aliphatic carbocycles. The third kappa shape index (κ3) is 10.1. The third-order valence-electron chi connectivity index (χ3n) is 12.7. The first-order valence-corrected chi connectivity index (χ1v) is 22.7. The van der Waals surface area contributed by atoms with Gasteiger partial charge in [0.2, 0.25) is 11.8 Å². The molecule has 4 aromatic rings. The van der Waals surface area contributed by atoms with Crippen LogP contribution in [0.5, 0.6) is 0 Å². The number of benzene rings is 2. The summed E-state index contributed by atoms with van der Waals surface area (Å²) in [6, 6.07) is 13.8. The molecule has 4 unspecified atom stereocenters. The van der Waals surface area contributed by atoms with Crippen LogP contribution >= 0.6 is 0 Å². The van der Waals surface area contributed by atoms with Gasteiger partial charge in [-0.3, -0.25) is 9.59 Å². The molecule has 6 amide bonds. The van der Waals surface area contributed by atoms with Gasteiger partial charge in [-0.2, -0.15) is 0 Å². The molecule has 0 radical (unpaired) electrons. The molecule has 338 valence electrons. The molecule has 6 heterocycles. The van der Waals surface area contributed by atoms with Crippen LogP contribution in [-0.4, -0.2) is 141 Å². The van der Waals surface area contributed by atoms with Crippen LogP contribution in [0.25, 0.3) is 22.5 Å². The van der Waals surface area contributed by atoms with Crippen molar-refractivity contribution < 1.29 is 28.7 Å². The van der Waals surface area contributed by atoms with E-state index >= 15 is 0 Å². The highest BCUT2D eigenvalue weighted by molar-refractivity contribution is 5.88. The molecule has 4 saturated heterocycles. The second-order valence-corrected chi connectivity index (χ2v) is 17.7.